The summed E-state index contributed by atoms with van der Waals surface area (Å²) >= 11 is 0. The molecule has 1 amide bonds. The molecular formula is C23H31F3N6O3S. The fourth-order valence-corrected chi connectivity index (χ4v) is 6.50. The number of carbonyl (C=O) groups excluding carboxylic acids is 1. The minimum atomic E-state index is -3.48. The van der Waals surface area contributed by atoms with E-state index in [-0.39, 0.29) is 31.5 Å². The Morgan fingerprint density at radius 2 is 2.00 bits per heavy atom. The van der Waals surface area contributed by atoms with Gasteiger partial charge in [0, 0.05) is 68.4 Å². The number of allylic oxidation sites excluding steroid dienone is 3. The number of rotatable bonds is 5. The number of nitrogens with zero attached hydrogens (tertiary/aromatic N) is 5. The molecule has 3 aliphatic heterocycles. The van der Waals surface area contributed by atoms with Crippen molar-refractivity contribution in [2.75, 3.05) is 32.4 Å². The Labute approximate surface area is 208 Å². The van der Waals surface area contributed by atoms with Gasteiger partial charge in [0.25, 0.3) is 10.0 Å². The van der Waals surface area contributed by atoms with Gasteiger partial charge >= 0.3 is 0 Å². The van der Waals surface area contributed by atoms with Crippen molar-refractivity contribution in [3.05, 3.63) is 41.3 Å². The molecule has 2 N–H and O–H groups in total. The summed E-state index contributed by atoms with van der Waals surface area (Å²) in [6.07, 6.45) is 4.45. The van der Waals surface area contributed by atoms with Gasteiger partial charge in [0.2, 0.25) is 5.91 Å². The van der Waals surface area contributed by atoms with Crippen molar-refractivity contribution in [3.63, 3.8) is 0 Å². The number of aromatic nitrogens is 2. The summed E-state index contributed by atoms with van der Waals surface area (Å²) in [4.78, 5) is 18.5. The lowest BCUT2D eigenvalue weighted by Crippen LogP contribution is -2.63. The first-order valence-electron chi connectivity index (χ1n) is 12.1. The number of alkyl halides is 1. The third kappa shape index (κ3) is 4.98. The van der Waals surface area contributed by atoms with E-state index in [1.807, 2.05) is 4.90 Å². The molecule has 5 rings (SSSR count). The Kier molecular flexibility index (Phi) is 6.77. The van der Waals surface area contributed by atoms with Crippen molar-refractivity contribution in [2.24, 2.45) is 11.7 Å². The van der Waals surface area contributed by atoms with Gasteiger partial charge in [-0.3, -0.25) is 14.6 Å². The number of hydrogen-bond donors (Lipinski definition) is 1. The van der Waals surface area contributed by atoms with Crippen LogP contribution in [-0.2, 0) is 27.9 Å². The normalized spacial score (nSPS) is 31.9. The summed E-state index contributed by atoms with van der Waals surface area (Å²) in [7, 11) is -3.48. The van der Waals surface area contributed by atoms with Crippen LogP contribution in [0.3, 0.4) is 0 Å². The molecule has 0 spiro atoms. The highest BCUT2D eigenvalue weighted by Gasteiger charge is 2.45. The van der Waals surface area contributed by atoms with Crippen LogP contribution in [0.5, 0.6) is 0 Å². The number of nitrogens with two attached hydrogens (primary N) is 1. The van der Waals surface area contributed by atoms with Gasteiger partial charge in [0.1, 0.15) is 17.8 Å². The van der Waals surface area contributed by atoms with E-state index >= 15 is 0 Å². The number of likely N-dealkylation sites (tertiary alicyclic amines) is 2. The van der Waals surface area contributed by atoms with Crippen molar-refractivity contribution in [1.29, 1.82) is 0 Å². The maximum atomic E-state index is 14.9. The monoisotopic (exact) mass is 528 g/mol. The van der Waals surface area contributed by atoms with Gasteiger partial charge in [-0.25, -0.2) is 21.6 Å². The number of fused-ring (bicyclic) bond motifs is 1. The maximum Gasteiger partial charge on any atom is 0.250 e. The Bertz CT molecular complexity index is 1180. The highest BCUT2D eigenvalue weighted by atomic mass is 32.2. The highest BCUT2D eigenvalue weighted by molar-refractivity contribution is 7.89. The summed E-state index contributed by atoms with van der Waals surface area (Å²) < 4.78 is 67.3. The molecule has 0 aromatic carbocycles. The molecule has 0 saturated carbocycles. The third-order valence-corrected chi connectivity index (χ3v) is 8.58. The van der Waals surface area contributed by atoms with E-state index in [4.69, 9.17) is 5.73 Å². The Balaban J connectivity index is 1.35. The number of carbonyl (C=O) groups is 1. The summed E-state index contributed by atoms with van der Waals surface area (Å²) in [5.74, 6) is -1.96. The van der Waals surface area contributed by atoms with Crippen LogP contribution in [0, 0.1) is 5.92 Å². The van der Waals surface area contributed by atoms with Crippen molar-refractivity contribution in [2.45, 2.75) is 56.6 Å². The van der Waals surface area contributed by atoms with Crippen LogP contribution in [0.4, 0.5) is 13.2 Å². The molecule has 1 aromatic rings. The van der Waals surface area contributed by atoms with Gasteiger partial charge in [-0.05, 0) is 25.0 Å². The number of amides is 1. The van der Waals surface area contributed by atoms with Gasteiger partial charge in [0.05, 0.1) is 25.0 Å². The molecule has 1 aliphatic carbocycles. The fraction of sp³-hybridized carbons (Fsp3) is 0.652. The van der Waals surface area contributed by atoms with Gasteiger partial charge in [-0.15, -0.1) is 0 Å². The Morgan fingerprint density at radius 3 is 2.67 bits per heavy atom. The second kappa shape index (κ2) is 9.58. The lowest BCUT2D eigenvalue weighted by molar-refractivity contribution is -0.133. The maximum absolute atomic E-state index is 14.9. The van der Waals surface area contributed by atoms with Crippen LogP contribution in [0.1, 0.15) is 30.5 Å². The minimum Gasteiger partial charge on any atom is -0.339 e. The largest absolute Gasteiger partial charge is 0.339 e. The van der Waals surface area contributed by atoms with Gasteiger partial charge in [-0.1, -0.05) is 0 Å². The van der Waals surface area contributed by atoms with Crippen LogP contribution in [0.25, 0.3) is 0 Å². The van der Waals surface area contributed by atoms with E-state index in [0.29, 0.717) is 44.7 Å². The van der Waals surface area contributed by atoms with Gasteiger partial charge < -0.3 is 10.6 Å². The predicted octanol–water partition coefficient (Wildman–Crippen LogP) is 1.07. The average Bonchev–Trinajstić information content (AvgIpc) is 3.50. The molecule has 2 fully saturated rings. The van der Waals surface area contributed by atoms with Crippen molar-refractivity contribution in [3.8, 4) is 0 Å². The molecule has 36 heavy (non-hydrogen) atoms. The summed E-state index contributed by atoms with van der Waals surface area (Å²) in [6.45, 7) is 1.60. The summed E-state index contributed by atoms with van der Waals surface area (Å²) in [5, 5.41) is 4.20. The summed E-state index contributed by atoms with van der Waals surface area (Å²) in [6, 6.07) is -1.24. The topological polar surface area (TPSA) is 105 Å². The summed E-state index contributed by atoms with van der Waals surface area (Å²) in [5.41, 5.74) is 8.06. The Morgan fingerprint density at radius 1 is 1.22 bits per heavy atom. The molecule has 13 heteroatoms. The van der Waals surface area contributed by atoms with E-state index in [1.54, 1.807) is 0 Å². The smallest absolute Gasteiger partial charge is 0.250 e. The SMILES string of the molecule is CS(=O)(=O)n1cc2c(n1)CN(C1CC(N)[C@@H](C3CC(F)=CC=C3F)N(CC(=O)N3CC[C@@H](F)C3)C1)C2. The molecule has 4 aliphatic rings. The van der Waals surface area contributed by atoms with Crippen molar-refractivity contribution in [1.82, 2.24) is 23.9 Å². The molecule has 0 bridgehead atoms. The first-order chi connectivity index (χ1) is 17.0. The van der Waals surface area contributed by atoms with E-state index < -0.39 is 45.9 Å². The number of halogens is 3. The van der Waals surface area contributed by atoms with Crippen LogP contribution in [-0.4, -0.2) is 94.9 Å². The van der Waals surface area contributed by atoms with Crippen LogP contribution in [0.15, 0.2) is 30.0 Å². The first-order valence-corrected chi connectivity index (χ1v) is 14.0. The van der Waals surface area contributed by atoms with E-state index in [9.17, 15) is 26.4 Å². The minimum absolute atomic E-state index is 0.0405. The lowest BCUT2D eigenvalue weighted by atomic mass is 9.80. The average molecular weight is 529 g/mol. The zero-order valence-electron chi connectivity index (χ0n) is 20.1. The number of hydrogen-bond acceptors (Lipinski definition) is 7. The zero-order chi connectivity index (χ0) is 25.8. The zero-order valence-corrected chi connectivity index (χ0v) is 20.9. The quantitative estimate of drug-likeness (QED) is 0.610. The second-order valence-corrected chi connectivity index (χ2v) is 12.2. The molecule has 0 radical (unpaired) electrons. The Hall–Kier alpha value is -2.22. The first kappa shape index (κ1) is 25.4. The molecule has 4 heterocycles. The standard InChI is InChI=1S/C23H31F3N6O3S/c1-36(34,35)32-9-14-8-30(12-21(14)28-32)17-7-20(27)23(18-6-15(24)2-3-19(18)26)31(11-17)13-22(33)29-5-4-16(25)10-29/h2-3,9,16-18,20,23H,4-8,10-13,27H2,1H3/t16-,17?,18?,20?,23-/m1/s1. The fourth-order valence-electron chi connectivity index (χ4n) is 5.93. The molecule has 1 aromatic heterocycles. The van der Waals surface area contributed by atoms with Crippen LogP contribution < -0.4 is 5.73 Å². The third-order valence-electron chi connectivity index (χ3n) is 7.72. The van der Waals surface area contributed by atoms with Crippen LogP contribution >= 0.6 is 0 Å². The second-order valence-electron chi connectivity index (χ2n) is 10.3. The molecule has 198 valence electrons. The predicted molar refractivity (Wildman–Crippen MR) is 126 cm³/mol. The van der Waals surface area contributed by atoms with Crippen molar-refractivity contribution < 1.29 is 26.4 Å². The van der Waals surface area contributed by atoms with Gasteiger partial charge in [-0.2, -0.15) is 9.19 Å². The molecule has 3 unspecified atom stereocenters. The number of piperidine rings is 1. The highest BCUT2D eigenvalue weighted by Crippen LogP contribution is 2.37. The lowest BCUT2D eigenvalue weighted by Gasteiger charge is -2.48. The van der Waals surface area contributed by atoms with Crippen molar-refractivity contribution >= 4 is 15.9 Å². The molecule has 5 atom stereocenters. The molecular weight excluding hydrogens is 497 g/mol. The van der Waals surface area contributed by atoms with E-state index in [1.165, 1.54) is 11.1 Å². The van der Waals surface area contributed by atoms with E-state index in [2.05, 4.69) is 10.00 Å². The van der Waals surface area contributed by atoms with Crippen LogP contribution in [0.2, 0.25) is 0 Å². The molecule has 9 nitrogen and oxygen atoms in total. The van der Waals surface area contributed by atoms with Gasteiger partial charge in [0.15, 0.2) is 0 Å². The van der Waals surface area contributed by atoms with E-state index in [0.717, 1.165) is 28.1 Å². The molecule has 2 saturated heterocycles.